The van der Waals surface area contributed by atoms with Gasteiger partial charge in [0.2, 0.25) is 6.33 Å². The fourth-order valence-corrected chi connectivity index (χ4v) is 2.84. The van der Waals surface area contributed by atoms with Crippen molar-refractivity contribution in [1.82, 2.24) is 4.98 Å². The second-order valence-electron chi connectivity index (χ2n) is 6.97. The van der Waals surface area contributed by atoms with E-state index in [9.17, 15) is 4.79 Å². The minimum atomic E-state index is -0.0442. The second-order valence-corrected chi connectivity index (χ2v) is 6.97. The first-order chi connectivity index (χ1) is 10.4. The van der Waals surface area contributed by atoms with Crippen molar-refractivity contribution < 1.29 is 14.1 Å². The van der Waals surface area contributed by atoms with Gasteiger partial charge in [0, 0.05) is 0 Å². The summed E-state index contributed by atoms with van der Waals surface area (Å²) >= 11 is 0. The Morgan fingerprint density at radius 3 is 2.86 bits per heavy atom. The highest BCUT2D eigenvalue weighted by Crippen LogP contribution is 2.32. The second kappa shape index (κ2) is 5.59. The van der Waals surface area contributed by atoms with Crippen LogP contribution in [-0.4, -0.2) is 17.4 Å². The number of imidazole rings is 1. The van der Waals surface area contributed by atoms with E-state index >= 15 is 0 Å². The number of nitrogens with one attached hydrogen (secondary N) is 1. The third-order valence-corrected chi connectivity index (χ3v) is 4.24. The van der Waals surface area contributed by atoms with Crippen LogP contribution in [0, 0.1) is 5.92 Å². The van der Waals surface area contributed by atoms with Crippen LogP contribution in [0.15, 0.2) is 36.9 Å². The molecule has 3 rings (SSSR count). The maximum absolute atomic E-state index is 12.9. The standard InChI is InChI=1S/C18H22N2O2/c1-18(2,3)14-4-5-16-15(10-14)17(21)13(6-9-22-16)11-20-8-7-19-12-20/h4-5,7-8,10,12-13H,6,9,11H2,1-3H3/p+1. The van der Waals surface area contributed by atoms with Gasteiger partial charge in [0.25, 0.3) is 0 Å². The molecule has 1 aliphatic heterocycles. The van der Waals surface area contributed by atoms with Crippen LogP contribution in [0.2, 0.25) is 0 Å². The topological polar surface area (TPSA) is 46.0 Å². The van der Waals surface area contributed by atoms with Gasteiger partial charge in [-0.3, -0.25) is 9.78 Å². The number of ether oxygens (including phenoxy) is 1. The van der Waals surface area contributed by atoms with Crippen molar-refractivity contribution in [2.45, 2.75) is 39.2 Å². The number of carbonyl (C=O) groups excluding carboxylic acids is 1. The predicted octanol–water partition coefficient (Wildman–Crippen LogP) is 2.88. The number of hydrogen-bond acceptors (Lipinski definition) is 2. The number of aromatic amines is 1. The van der Waals surface area contributed by atoms with Crippen LogP contribution in [-0.2, 0) is 12.0 Å². The number of Topliss-reactive ketones (excluding diaryl/α,β-unsaturated/α-hetero) is 1. The first-order valence-electron chi connectivity index (χ1n) is 7.78. The molecule has 0 aliphatic carbocycles. The van der Waals surface area contributed by atoms with Gasteiger partial charge in [-0.2, -0.15) is 0 Å². The number of nitrogens with zero attached hydrogens (tertiary/aromatic N) is 1. The zero-order chi connectivity index (χ0) is 15.7. The maximum Gasteiger partial charge on any atom is 0.241 e. The molecule has 0 spiro atoms. The minimum Gasteiger partial charge on any atom is -0.493 e. The Hall–Kier alpha value is -2.10. The van der Waals surface area contributed by atoms with Gasteiger partial charge in [0.05, 0.1) is 18.1 Å². The number of carbonyl (C=O) groups is 1. The van der Waals surface area contributed by atoms with E-state index in [1.165, 1.54) is 0 Å². The van der Waals surface area contributed by atoms with Crippen LogP contribution in [0.25, 0.3) is 0 Å². The number of ketones is 1. The van der Waals surface area contributed by atoms with Crippen LogP contribution < -0.4 is 9.30 Å². The number of H-pyrrole nitrogens is 1. The van der Waals surface area contributed by atoms with Crippen molar-refractivity contribution in [2.24, 2.45) is 5.92 Å². The fraction of sp³-hybridized carbons (Fsp3) is 0.444. The van der Waals surface area contributed by atoms with Gasteiger partial charge >= 0.3 is 0 Å². The molecule has 4 nitrogen and oxygen atoms in total. The van der Waals surface area contributed by atoms with Gasteiger partial charge in [-0.15, -0.1) is 0 Å². The molecule has 1 aromatic heterocycles. The van der Waals surface area contributed by atoms with Gasteiger partial charge < -0.3 is 4.74 Å². The Bertz CT molecular complexity index is 669. The lowest BCUT2D eigenvalue weighted by Crippen LogP contribution is -2.38. The molecule has 1 N–H and O–H groups in total. The van der Waals surface area contributed by atoms with Crippen LogP contribution >= 0.6 is 0 Å². The molecule has 22 heavy (non-hydrogen) atoms. The highest BCUT2D eigenvalue weighted by molar-refractivity contribution is 6.00. The summed E-state index contributed by atoms with van der Waals surface area (Å²) in [4.78, 5) is 16.0. The molecule has 116 valence electrons. The number of benzene rings is 1. The van der Waals surface area contributed by atoms with Gasteiger partial charge in [-0.1, -0.05) is 26.8 Å². The molecule has 4 heteroatoms. The highest BCUT2D eigenvalue weighted by Gasteiger charge is 2.29. The average molecular weight is 299 g/mol. The van der Waals surface area contributed by atoms with Gasteiger partial charge in [-0.05, 0) is 29.5 Å². The van der Waals surface area contributed by atoms with Crippen molar-refractivity contribution >= 4 is 5.78 Å². The Balaban J connectivity index is 1.93. The lowest BCUT2D eigenvalue weighted by atomic mass is 9.84. The number of hydrogen-bond donors (Lipinski definition) is 1. The van der Waals surface area contributed by atoms with Crippen molar-refractivity contribution in [3.8, 4) is 5.75 Å². The number of aromatic nitrogens is 2. The van der Waals surface area contributed by atoms with Crippen LogP contribution in [0.5, 0.6) is 5.75 Å². The summed E-state index contributed by atoms with van der Waals surface area (Å²) in [6.45, 7) is 7.74. The van der Waals surface area contributed by atoms with Crippen molar-refractivity contribution in [3.63, 3.8) is 0 Å². The molecule has 0 saturated carbocycles. The molecule has 0 amide bonds. The smallest absolute Gasteiger partial charge is 0.241 e. The van der Waals surface area contributed by atoms with E-state index in [0.717, 1.165) is 23.3 Å². The first kappa shape index (κ1) is 14.8. The van der Waals surface area contributed by atoms with E-state index < -0.39 is 0 Å². The fourth-order valence-electron chi connectivity index (χ4n) is 2.84. The summed E-state index contributed by atoms with van der Waals surface area (Å²) in [5.74, 6) is 0.865. The zero-order valence-corrected chi connectivity index (χ0v) is 13.4. The molecular weight excluding hydrogens is 276 g/mol. The Morgan fingerprint density at radius 1 is 1.36 bits per heavy atom. The lowest BCUT2D eigenvalue weighted by molar-refractivity contribution is -0.699. The molecule has 0 fully saturated rings. The largest absolute Gasteiger partial charge is 0.493 e. The normalized spacial score (nSPS) is 18.5. The summed E-state index contributed by atoms with van der Waals surface area (Å²) in [7, 11) is 0. The summed E-state index contributed by atoms with van der Waals surface area (Å²) in [5, 5.41) is 0. The number of rotatable bonds is 2. The molecule has 1 aromatic carbocycles. The molecule has 1 atom stereocenters. The molecule has 2 heterocycles. The molecule has 0 bridgehead atoms. The maximum atomic E-state index is 12.9. The van der Waals surface area contributed by atoms with E-state index in [2.05, 4.69) is 31.8 Å². The van der Waals surface area contributed by atoms with E-state index in [-0.39, 0.29) is 17.1 Å². The monoisotopic (exact) mass is 299 g/mol. The number of fused-ring (bicyclic) bond motifs is 1. The Labute approximate surface area is 131 Å². The van der Waals surface area contributed by atoms with E-state index in [0.29, 0.717) is 13.2 Å². The highest BCUT2D eigenvalue weighted by atomic mass is 16.5. The quantitative estimate of drug-likeness (QED) is 0.867. The van der Waals surface area contributed by atoms with E-state index in [1.807, 2.05) is 35.4 Å². The van der Waals surface area contributed by atoms with E-state index in [1.54, 1.807) is 0 Å². The van der Waals surface area contributed by atoms with Crippen molar-refractivity contribution in [1.29, 1.82) is 0 Å². The van der Waals surface area contributed by atoms with Gasteiger partial charge in [0.1, 0.15) is 24.7 Å². The van der Waals surface area contributed by atoms with Gasteiger partial charge in [-0.25, -0.2) is 4.57 Å². The van der Waals surface area contributed by atoms with Crippen molar-refractivity contribution in [2.75, 3.05) is 6.61 Å². The third-order valence-electron chi connectivity index (χ3n) is 4.24. The first-order valence-corrected chi connectivity index (χ1v) is 7.78. The predicted molar refractivity (Wildman–Crippen MR) is 84.1 cm³/mol. The van der Waals surface area contributed by atoms with E-state index in [4.69, 9.17) is 4.74 Å². The lowest BCUT2D eigenvalue weighted by Gasteiger charge is -2.20. The molecule has 0 saturated heterocycles. The third kappa shape index (κ3) is 2.91. The average Bonchev–Trinajstić information content (AvgIpc) is 2.92. The van der Waals surface area contributed by atoms with Crippen LogP contribution in [0.3, 0.4) is 0 Å². The SMILES string of the molecule is CC(C)(C)c1ccc2c(c1)C(=O)C(C[n+]1cc[nH]c1)CCO2. The molecule has 1 unspecified atom stereocenters. The zero-order valence-electron chi connectivity index (χ0n) is 13.4. The van der Waals surface area contributed by atoms with Gasteiger partial charge in [0.15, 0.2) is 5.78 Å². The molecule has 1 aliphatic rings. The summed E-state index contributed by atoms with van der Waals surface area (Å²) in [6.07, 6.45) is 6.44. The molecule has 2 aromatic rings. The summed E-state index contributed by atoms with van der Waals surface area (Å²) < 4.78 is 7.81. The summed E-state index contributed by atoms with van der Waals surface area (Å²) in [5.41, 5.74) is 1.91. The Morgan fingerprint density at radius 2 is 2.18 bits per heavy atom. The van der Waals surface area contributed by atoms with Crippen molar-refractivity contribution in [3.05, 3.63) is 48.0 Å². The Kier molecular flexibility index (Phi) is 3.77. The molecular formula is C18H23N2O2+. The summed E-state index contributed by atoms with van der Waals surface area (Å²) in [6, 6.07) is 6.02. The van der Waals surface area contributed by atoms with Crippen LogP contribution in [0.1, 0.15) is 43.1 Å². The molecule has 0 radical (unpaired) electrons. The van der Waals surface area contributed by atoms with Crippen LogP contribution in [0.4, 0.5) is 0 Å². The minimum absolute atomic E-state index is 0.0203.